The number of nitrogens with one attached hydrogen (secondary N) is 1. The Morgan fingerprint density at radius 3 is 2.50 bits per heavy atom. The third-order valence-electron chi connectivity index (χ3n) is 3.53. The Labute approximate surface area is 166 Å². The molecule has 0 spiro atoms. The third kappa shape index (κ3) is 6.32. The fraction of sp³-hybridized carbons (Fsp3) is 0.333. The molecular weight excluding hydrogens is 431 g/mol. The van der Waals surface area contributed by atoms with E-state index in [0.29, 0.717) is 6.54 Å². The van der Waals surface area contributed by atoms with Crippen molar-refractivity contribution < 1.29 is 0 Å². The van der Waals surface area contributed by atoms with Crippen molar-refractivity contribution in [3.63, 3.8) is 0 Å². The van der Waals surface area contributed by atoms with Crippen molar-refractivity contribution in [3.8, 4) is 0 Å². The van der Waals surface area contributed by atoms with Crippen molar-refractivity contribution in [2.24, 2.45) is 4.99 Å². The normalized spacial score (nSPS) is 10.9. The summed E-state index contributed by atoms with van der Waals surface area (Å²) in [6.07, 6.45) is 2.09. The molecule has 0 aliphatic carbocycles. The van der Waals surface area contributed by atoms with E-state index >= 15 is 0 Å². The molecule has 6 heteroatoms. The number of aryl methyl sites for hydroxylation is 1. The van der Waals surface area contributed by atoms with Crippen LogP contribution in [-0.4, -0.2) is 36.2 Å². The van der Waals surface area contributed by atoms with E-state index < -0.39 is 0 Å². The summed E-state index contributed by atoms with van der Waals surface area (Å²) in [5, 5.41) is 3.36. The lowest BCUT2D eigenvalue weighted by Crippen LogP contribution is -2.38. The number of aliphatic imine (C=N–C) groups is 1. The van der Waals surface area contributed by atoms with Gasteiger partial charge in [0.1, 0.15) is 0 Å². The second-order valence-corrected chi connectivity index (χ2v) is 6.25. The maximum atomic E-state index is 4.50. The number of nitrogens with zero attached hydrogens (tertiary/aromatic N) is 3. The van der Waals surface area contributed by atoms with Gasteiger partial charge in [0.05, 0.1) is 12.2 Å². The smallest absolute Gasteiger partial charge is 0.194 e. The van der Waals surface area contributed by atoms with Crippen LogP contribution >= 0.6 is 35.7 Å². The lowest BCUT2D eigenvalue weighted by atomic mass is 10.2. The number of thioether (sulfide) groups is 1. The number of halogens is 1. The number of rotatable bonds is 5. The molecule has 0 aliphatic rings. The Hall–Kier alpha value is -1.28. The summed E-state index contributed by atoms with van der Waals surface area (Å²) in [7, 11) is 3.85. The van der Waals surface area contributed by atoms with Crippen LogP contribution in [0.5, 0.6) is 0 Å². The van der Waals surface area contributed by atoms with Gasteiger partial charge in [0, 0.05) is 31.2 Å². The Morgan fingerprint density at radius 2 is 1.92 bits per heavy atom. The summed E-state index contributed by atoms with van der Waals surface area (Å²) in [6, 6.07) is 14.7. The van der Waals surface area contributed by atoms with Gasteiger partial charge in [-0.1, -0.05) is 18.2 Å². The first-order valence-corrected chi connectivity index (χ1v) is 8.82. The number of hydrogen-bond acceptors (Lipinski definition) is 3. The van der Waals surface area contributed by atoms with Gasteiger partial charge < -0.3 is 10.2 Å². The lowest BCUT2D eigenvalue weighted by Gasteiger charge is -2.22. The van der Waals surface area contributed by atoms with Crippen molar-refractivity contribution in [2.45, 2.75) is 24.9 Å². The van der Waals surface area contributed by atoms with E-state index in [0.717, 1.165) is 23.9 Å². The van der Waals surface area contributed by atoms with Crippen molar-refractivity contribution in [1.29, 1.82) is 0 Å². The molecule has 1 aromatic heterocycles. The second kappa shape index (κ2) is 10.6. The van der Waals surface area contributed by atoms with Gasteiger partial charge in [-0.25, -0.2) is 0 Å². The number of aromatic nitrogens is 1. The average Bonchev–Trinajstić information content (AvgIpc) is 2.56. The second-order valence-electron chi connectivity index (χ2n) is 5.38. The van der Waals surface area contributed by atoms with Crippen molar-refractivity contribution >= 4 is 41.7 Å². The number of guanidine groups is 1. The highest BCUT2D eigenvalue weighted by Crippen LogP contribution is 2.15. The molecule has 0 amide bonds. The number of hydrogen-bond donors (Lipinski definition) is 1. The van der Waals surface area contributed by atoms with E-state index in [9.17, 15) is 0 Å². The first-order valence-electron chi connectivity index (χ1n) is 7.59. The zero-order valence-electron chi connectivity index (χ0n) is 14.6. The number of benzene rings is 1. The lowest BCUT2D eigenvalue weighted by molar-refractivity contribution is 0.476. The molecular formula is C18H25IN4S. The van der Waals surface area contributed by atoms with E-state index in [4.69, 9.17) is 0 Å². The highest BCUT2D eigenvalue weighted by Gasteiger charge is 2.07. The van der Waals surface area contributed by atoms with Gasteiger partial charge in [-0.3, -0.25) is 9.98 Å². The molecule has 1 N–H and O–H groups in total. The van der Waals surface area contributed by atoms with E-state index in [-0.39, 0.29) is 24.0 Å². The molecule has 1 aromatic carbocycles. The molecule has 24 heavy (non-hydrogen) atoms. The standard InChI is InChI=1S/C18H24N4S.HI/c1-14-6-5-7-16(21-14)12-20-18(19-2)22(3)13-15-8-10-17(23-4)11-9-15;/h5-11H,12-13H2,1-4H3,(H,19,20);1H. The van der Waals surface area contributed by atoms with Crippen LogP contribution in [0, 0.1) is 6.92 Å². The first-order chi connectivity index (χ1) is 11.1. The van der Waals surface area contributed by atoms with Crippen LogP contribution in [0.15, 0.2) is 52.4 Å². The summed E-state index contributed by atoms with van der Waals surface area (Å²) >= 11 is 1.76. The van der Waals surface area contributed by atoms with Gasteiger partial charge in [0.15, 0.2) is 5.96 Å². The molecule has 0 saturated carbocycles. The summed E-state index contributed by atoms with van der Waals surface area (Å²) in [4.78, 5) is 12.3. The fourth-order valence-corrected chi connectivity index (χ4v) is 2.74. The van der Waals surface area contributed by atoms with Crippen LogP contribution in [-0.2, 0) is 13.1 Å². The van der Waals surface area contributed by atoms with Crippen LogP contribution in [0.25, 0.3) is 0 Å². The van der Waals surface area contributed by atoms with Crippen LogP contribution in [0.2, 0.25) is 0 Å². The van der Waals surface area contributed by atoms with Crippen LogP contribution < -0.4 is 5.32 Å². The molecule has 0 radical (unpaired) electrons. The Balaban J connectivity index is 0.00000288. The van der Waals surface area contributed by atoms with Crippen LogP contribution in [0.3, 0.4) is 0 Å². The van der Waals surface area contributed by atoms with Crippen LogP contribution in [0.4, 0.5) is 0 Å². The molecule has 2 rings (SSSR count). The van der Waals surface area contributed by atoms with E-state index in [1.807, 2.05) is 32.2 Å². The van der Waals surface area contributed by atoms with Gasteiger partial charge in [0.25, 0.3) is 0 Å². The Bertz CT molecular complexity index is 658. The maximum Gasteiger partial charge on any atom is 0.194 e. The molecule has 0 fully saturated rings. The molecule has 2 aromatic rings. The topological polar surface area (TPSA) is 40.5 Å². The van der Waals surface area contributed by atoms with Gasteiger partial charge in [-0.2, -0.15) is 0 Å². The summed E-state index contributed by atoms with van der Waals surface area (Å²) < 4.78 is 0. The fourth-order valence-electron chi connectivity index (χ4n) is 2.33. The highest BCUT2D eigenvalue weighted by atomic mass is 127. The molecule has 0 aliphatic heterocycles. The highest BCUT2D eigenvalue weighted by molar-refractivity contribution is 14.0. The van der Waals surface area contributed by atoms with Gasteiger partial charge in [0.2, 0.25) is 0 Å². The largest absolute Gasteiger partial charge is 0.351 e. The minimum Gasteiger partial charge on any atom is -0.351 e. The zero-order valence-corrected chi connectivity index (χ0v) is 17.8. The Morgan fingerprint density at radius 1 is 1.21 bits per heavy atom. The van der Waals surface area contributed by atoms with Crippen molar-refractivity contribution in [2.75, 3.05) is 20.4 Å². The first kappa shape index (κ1) is 20.8. The molecule has 4 nitrogen and oxygen atoms in total. The zero-order chi connectivity index (χ0) is 16.7. The minimum atomic E-state index is 0. The minimum absolute atomic E-state index is 0. The maximum absolute atomic E-state index is 4.50. The third-order valence-corrected chi connectivity index (χ3v) is 4.27. The number of pyridine rings is 1. The summed E-state index contributed by atoms with van der Waals surface area (Å²) in [6.45, 7) is 3.49. The SMILES string of the molecule is CN=C(NCc1cccc(C)n1)N(C)Cc1ccc(SC)cc1.I. The molecule has 0 atom stereocenters. The van der Waals surface area contributed by atoms with E-state index in [1.165, 1.54) is 10.5 Å². The van der Waals surface area contributed by atoms with E-state index in [1.54, 1.807) is 18.8 Å². The Kier molecular flexibility index (Phi) is 9.13. The average molecular weight is 456 g/mol. The molecule has 0 bridgehead atoms. The van der Waals surface area contributed by atoms with Crippen LogP contribution in [0.1, 0.15) is 17.0 Å². The molecule has 130 valence electrons. The summed E-state index contributed by atoms with van der Waals surface area (Å²) in [5.41, 5.74) is 3.31. The molecule has 1 heterocycles. The molecule has 0 unspecified atom stereocenters. The van der Waals surface area contributed by atoms with Gasteiger partial charge in [-0.05, 0) is 43.0 Å². The quantitative estimate of drug-likeness (QED) is 0.320. The summed E-state index contributed by atoms with van der Waals surface area (Å²) in [5.74, 6) is 0.863. The van der Waals surface area contributed by atoms with E-state index in [2.05, 4.69) is 50.7 Å². The van der Waals surface area contributed by atoms with Gasteiger partial charge in [-0.15, -0.1) is 35.7 Å². The monoisotopic (exact) mass is 456 g/mol. The molecule has 0 saturated heterocycles. The predicted octanol–water partition coefficient (Wildman–Crippen LogP) is 3.94. The predicted molar refractivity (Wildman–Crippen MR) is 114 cm³/mol. The van der Waals surface area contributed by atoms with Gasteiger partial charge >= 0.3 is 0 Å². The van der Waals surface area contributed by atoms with Crippen molar-refractivity contribution in [3.05, 3.63) is 59.4 Å². The van der Waals surface area contributed by atoms with Crippen molar-refractivity contribution in [1.82, 2.24) is 15.2 Å².